The van der Waals surface area contributed by atoms with Crippen LogP contribution in [0.1, 0.15) is 47.9 Å². The van der Waals surface area contributed by atoms with Gasteiger partial charge in [-0.05, 0) is 63.1 Å². The monoisotopic (exact) mass is 475 g/mol. The highest BCUT2D eigenvalue weighted by Crippen LogP contribution is 2.42. The average molecular weight is 476 g/mol. The molecule has 3 aromatic rings. The molecule has 1 fully saturated rings. The van der Waals surface area contributed by atoms with E-state index in [-0.39, 0.29) is 17.9 Å². The highest BCUT2D eigenvalue weighted by Gasteiger charge is 2.47. The van der Waals surface area contributed by atoms with E-state index in [1.165, 1.54) is 11.2 Å². The number of nitrogens with zero attached hydrogens (tertiary/aromatic N) is 1. The predicted octanol–water partition coefficient (Wildman–Crippen LogP) is 5.32. The Balaban J connectivity index is 1.85. The van der Waals surface area contributed by atoms with Crippen molar-refractivity contribution < 1.29 is 28.6 Å². The number of Topliss-reactive ketones (excluding diaryl/α,β-unsaturated/α-hetero) is 1. The fourth-order valence-electron chi connectivity index (χ4n) is 4.31. The number of ketones is 1. The van der Waals surface area contributed by atoms with E-state index in [0.717, 1.165) is 16.7 Å². The summed E-state index contributed by atoms with van der Waals surface area (Å²) in [6.07, 6.45) is 1.48. The van der Waals surface area contributed by atoms with Crippen LogP contribution in [-0.4, -0.2) is 34.9 Å². The second-order valence-corrected chi connectivity index (χ2v) is 8.40. The Morgan fingerprint density at radius 1 is 1.03 bits per heavy atom. The van der Waals surface area contributed by atoms with Gasteiger partial charge in [-0.25, -0.2) is 0 Å². The molecule has 0 saturated carbocycles. The second-order valence-electron chi connectivity index (χ2n) is 8.40. The van der Waals surface area contributed by atoms with Gasteiger partial charge >= 0.3 is 0 Å². The number of likely N-dealkylation sites (tertiary alicyclic amines) is 1. The summed E-state index contributed by atoms with van der Waals surface area (Å²) in [5.41, 5.74) is 3.23. The maximum absolute atomic E-state index is 13.3. The Hall–Kier alpha value is -4.00. The van der Waals surface area contributed by atoms with Gasteiger partial charge in [-0.3, -0.25) is 9.59 Å². The minimum atomic E-state index is -0.883. The summed E-state index contributed by atoms with van der Waals surface area (Å²) >= 11 is 0. The number of aliphatic hydroxyl groups excluding tert-OH is 1. The molecule has 1 N–H and O–H groups in total. The van der Waals surface area contributed by atoms with Crippen LogP contribution < -0.4 is 9.47 Å². The first kappa shape index (κ1) is 24.1. The molecule has 7 nitrogen and oxygen atoms in total. The van der Waals surface area contributed by atoms with Gasteiger partial charge in [-0.15, -0.1) is 0 Å². The van der Waals surface area contributed by atoms with E-state index >= 15 is 0 Å². The van der Waals surface area contributed by atoms with E-state index < -0.39 is 17.7 Å². The van der Waals surface area contributed by atoms with Gasteiger partial charge in [-0.2, -0.15) is 0 Å². The molecule has 1 saturated heterocycles. The Kier molecular flexibility index (Phi) is 6.96. The molecule has 0 aliphatic carbocycles. The van der Waals surface area contributed by atoms with Crippen LogP contribution in [0.3, 0.4) is 0 Å². The smallest absolute Gasteiger partial charge is 0.296 e. The van der Waals surface area contributed by atoms with Gasteiger partial charge in [0.05, 0.1) is 30.6 Å². The van der Waals surface area contributed by atoms with Crippen LogP contribution in [0, 0.1) is 13.8 Å². The van der Waals surface area contributed by atoms with Crippen LogP contribution in [0.5, 0.6) is 11.5 Å². The number of furan rings is 1. The molecule has 1 amide bonds. The zero-order chi connectivity index (χ0) is 25.1. The molecule has 2 heterocycles. The summed E-state index contributed by atoms with van der Waals surface area (Å²) in [4.78, 5) is 28.0. The molecule has 35 heavy (non-hydrogen) atoms. The van der Waals surface area contributed by atoms with Crippen molar-refractivity contribution in [3.8, 4) is 11.5 Å². The number of aliphatic hydroxyl groups is 1. The van der Waals surface area contributed by atoms with Gasteiger partial charge in [0.1, 0.15) is 29.1 Å². The van der Waals surface area contributed by atoms with Crippen LogP contribution in [0.4, 0.5) is 0 Å². The van der Waals surface area contributed by atoms with Crippen LogP contribution in [0.15, 0.2) is 64.8 Å². The second kappa shape index (κ2) is 10.1. The first-order valence-electron chi connectivity index (χ1n) is 11.6. The summed E-state index contributed by atoms with van der Waals surface area (Å²) in [5, 5.41) is 11.4. The average Bonchev–Trinajstić information content (AvgIpc) is 3.44. The summed E-state index contributed by atoms with van der Waals surface area (Å²) in [5.74, 6) is -0.469. The van der Waals surface area contributed by atoms with Crippen molar-refractivity contribution in [3.63, 3.8) is 0 Å². The molecule has 1 aliphatic rings. The largest absolute Gasteiger partial charge is 0.507 e. The lowest BCUT2D eigenvalue weighted by atomic mass is 9.98. The normalized spacial score (nSPS) is 17.1. The van der Waals surface area contributed by atoms with Crippen molar-refractivity contribution in [1.29, 1.82) is 0 Å². The number of hydrogen-bond acceptors (Lipinski definition) is 6. The quantitative estimate of drug-likeness (QED) is 0.270. The maximum atomic E-state index is 13.3. The number of rotatable bonds is 8. The van der Waals surface area contributed by atoms with E-state index in [2.05, 4.69) is 0 Å². The minimum absolute atomic E-state index is 0.0413. The molecular weight excluding hydrogens is 446 g/mol. The molecule has 0 radical (unpaired) electrons. The standard InChI is InChI=1S/C28H29NO6/c1-5-33-20-11-12-21(23(15-20)34-6-2)26(30)24-25(22-8-7-13-35-22)29(28(32)27(24)31)16-19-14-17(3)9-10-18(19)4/h7-15,25,30H,5-6,16H2,1-4H3/b26-24-. The van der Waals surface area contributed by atoms with Crippen molar-refractivity contribution in [1.82, 2.24) is 4.90 Å². The van der Waals surface area contributed by atoms with E-state index in [0.29, 0.717) is 36.0 Å². The topological polar surface area (TPSA) is 89.2 Å². The maximum Gasteiger partial charge on any atom is 0.296 e. The van der Waals surface area contributed by atoms with E-state index in [1.54, 1.807) is 30.3 Å². The third kappa shape index (κ3) is 4.67. The van der Waals surface area contributed by atoms with E-state index in [1.807, 2.05) is 45.9 Å². The molecular formula is C28H29NO6. The lowest BCUT2D eigenvalue weighted by Crippen LogP contribution is -2.29. The minimum Gasteiger partial charge on any atom is -0.507 e. The van der Waals surface area contributed by atoms with E-state index in [4.69, 9.17) is 13.9 Å². The SMILES string of the molecule is CCOc1ccc(/C(O)=C2/C(=O)C(=O)N(Cc3cc(C)ccc3C)C2c2ccco2)c(OCC)c1. The number of carbonyl (C=O) groups excluding carboxylic acids is 2. The number of amides is 1. The van der Waals surface area contributed by atoms with Crippen molar-refractivity contribution >= 4 is 17.4 Å². The molecule has 2 aromatic carbocycles. The Bertz CT molecular complexity index is 1270. The van der Waals surface area contributed by atoms with Crippen LogP contribution >= 0.6 is 0 Å². The van der Waals surface area contributed by atoms with Crippen molar-refractivity contribution in [3.05, 3.63) is 88.4 Å². The van der Waals surface area contributed by atoms with Crippen molar-refractivity contribution in [2.75, 3.05) is 13.2 Å². The first-order valence-corrected chi connectivity index (χ1v) is 11.6. The zero-order valence-corrected chi connectivity index (χ0v) is 20.3. The Morgan fingerprint density at radius 2 is 1.80 bits per heavy atom. The Labute approximate surface area is 204 Å². The van der Waals surface area contributed by atoms with Crippen molar-refractivity contribution in [2.45, 2.75) is 40.3 Å². The predicted molar refractivity (Wildman–Crippen MR) is 131 cm³/mol. The van der Waals surface area contributed by atoms with Crippen LogP contribution in [0.25, 0.3) is 5.76 Å². The van der Waals surface area contributed by atoms with Crippen LogP contribution in [0.2, 0.25) is 0 Å². The number of benzene rings is 2. The number of hydrogen-bond donors (Lipinski definition) is 1. The Morgan fingerprint density at radius 3 is 2.49 bits per heavy atom. The molecule has 1 aromatic heterocycles. The molecule has 182 valence electrons. The fraction of sp³-hybridized carbons (Fsp3) is 0.286. The molecule has 1 unspecified atom stereocenters. The zero-order valence-electron chi connectivity index (χ0n) is 20.3. The molecule has 1 atom stereocenters. The molecule has 0 bridgehead atoms. The van der Waals surface area contributed by atoms with Gasteiger partial charge in [-0.1, -0.05) is 23.8 Å². The fourth-order valence-corrected chi connectivity index (χ4v) is 4.31. The number of aryl methyl sites for hydroxylation is 2. The molecule has 7 heteroatoms. The lowest BCUT2D eigenvalue weighted by molar-refractivity contribution is -0.140. The molecule has 1 aliphatic heterocycles. The van der Waals surface area contributed by atoms with Gasteiger partial charge in [0.2, 0.25) is 0 Å². The van der Waals surface area contributed by atoms with Gasteiger partial charge in [0.25, 0.3) is 11.7 Å². The number of ether oxygens (including phenoxy) is 2. The third-order valence-corrected chi connectivity index (χ3v) is 6.02. The van der Waals surface area contributed by atoms with Gasteiger partial charge < -0.3 is 23.9 Å². The number of carbonyl (C=O) groups is 2. The van der Waals surface area contributed by atoms with Crippen molar-refractivity contribution in [2.24, 2.45) is 0 Å². The highest BCUT2D eigenvalue weighted by atomic mass is 16.5. The van der Waals surface area contributed by atoms with Gasteiger partial charge in [0, 0.05) is 12.6 Å². The molecule has 0 spiro atoms. The first-order chi connectivity index (χ1) is 16.8. The highest BCUT2D eigenvalue weighted by molar-refractivity contribution is 6.46. The third-order valence-electron chi connectivity index (χ3n) is 6.02. The summed E-state index contributed by atoms with van der Waals surface area (Å²) in [6, 6.07) is 13.5. The summed E-state index contributed by atoms with van der Waals surface area (Å²) in [6.45, 7) is 8.64. The van der Waals surface area contributed by atoms with E-state index in [9.17, 15) is 14.7 Å². The van der Waals surface area contributed by atoms with Crippen LogP contribution in [-0.2, 0) is 16.1 Å². The summed E-state index contributed by atoms with van der Waals surface area (Å²) < 4.78 is 16.9. The van der Waals surface area contributed by atoms with Gasteiger partial charge in [0.15, 0.2) is 0 Å². The lowest BCUT2D eigenvalue weighted by Gasteiger charge is -2.24. The summed E-state index contributed by atoms with van der Waals surface area (Å²) in [7, 11) is 0. The molecule has 4 rings (SSSR count).